The average Bonchev–Trinajstić information content (AvgIpc) is 3.31. The molecule has 2 aromatic heterocycles. The van der Waals surface area contributed by atoms with Crippen molar-refractivity contribution in [2.24, 2.45) is 0 Å². The molecule has 1 aliphatic heterocycles. The number of aromatic amines is 1. The number of benzene rings is 2. The molecule has 33 heavy (non-hydrogen) atoms. The largest absolute Gasteiger partial charge is 0.281 e. The van der Waals surface area contributed by atoms with Gasteiger partial charge in [-0.1, -0.05) is 54.1 Å². The number of piperidine rings is 1. The number of rotatable bonds is 6. The van der Waals surface area contributed by atoms with Crippen molar-refractivity contribution in [3.63, 3.8) is 0 Å². The lowest BCUT2D eigenvalue weighted by molar-refractivity contribution is 0.122. The van der Waals surface area contributed by atoms with Crippen LogP contribution in [-0.4, -0.2) is 38.3 Å². The number of nitrogens with zero attached hydrogens (tertiary/aromatic N) is 4. The fraction of sp³-hybridized carbons (Fsp3) is 0.269. The van der Waals surface area contributed by atoms with Crippen molar-refractivity contribution in [1.29, 1.82) is 0 Å². The van der Waals surface area contributed by atoms with Gasteiger partial charge in [0, 0.05) is 53.1 Å². The quantitative estimate of drug-likeness (QED) is 0.391. The van der Waals surface area contributed by atoms with Gasteiger partial charge in [-0.25, -0.2) is 20.4 Å². The van der Waals surface area contributed by atoms with Gasteiger partial charge < -0.3 is 0 Å². The Labute approximate surface area is 199 Å². The number of nitrogens with one attached hydrogen (secondary N) is 2. The van der Waals surface area contributed by atoms with Gasteiger partial charge in [-0.3, -0.25) is 5.10 Å². The van der Waals surface area contributed by atoms with Gasteiger partial charge in [0.15, 0.2) is 0 Å². The maximum Gasteiger partial charge on any atom is 0.116 e. The molecule has 7 heteroatoms. The summed E-state index contributed by atoms with van der Waals surface area (Å²) in [6.07, 6.45) is 5.45. The van der Waals surface area contributed by atoms with Gasteiger partial charge in [0.05, 0.1) is 5.69 Å². The molecule has 0 spiro atoms. The predicted octanol–water partition coefficient (Wildman–Crippen LogP) is 5.63. The van der Waals surface area contributed by atoms with Crippen LogP contribution in [0.1, 0.15) is 43.0 Å². The number of halogens is 1. The van der Waals surface area contributed by atoms with E-state index in [1.807, 2.05) is 30.3 Å². The first kappa shape index (κ1) is 21.8. The van der Waals surface area contributed by atoms with E-state index in [1.165, 1.54) is 5.56 Å². The van der Waals surface area contributed by atoms with Gasteiger partial charge in [0.25, 0.3) is 0 Å². The molecule has 1 saturated heterocycles. The molecule has 0 saturated carbocycles. The summed E-state index contributed by atoms with van der Waals surface area (Å²) in [4.78, 5) is 8.65. The van der Waals surface area contributed by atoms with Crippen LogP contribution in [0.2, 0.25) is 5.02 Å². The zero-order chi connectivity index (χ0) is 22.6. The molecule has 5 rings (SSSR count). The highest BCUT2D eigenvalue weighted by atomic mass is 35.5. The highest BCUT2D eigenvalue weighted by Gasteiger charge is 2.28. The van der Waals surface area contributed by atoms with Crippen molar-refractivity contribution in [1.82, 2.24) is 30.6 Å². The van der Waals surface area contributed by atoms with Crippen molar-refractivity contribution < 1.29 is 0 Å². The van der Waals surface area contributed by atoms with E-state index in [2.05, 4.69) is 62.8 Å². The predicted molar refractivity (Wildman–Crippen MR) is 132 cm³/mol. The van der Waals surface area contributed by atoms with Crippen LogP contribution < -0.4 is 5.43 Å². The fourth-order valence-electron chi connectivity index (χ4n) is 4.55. The Morgan fingerprint density at radius 2 is 1.79 bits per heavy atom. The minimum Gasteiger partial charge on any atom is -0.281 e. The lowest BCUT2D eigenvalue weighted by Crippen LogP contribution is -2.44. The van der Waals surface area contributed by atoms with Crippen molar-refractivity contribution in [2.45, 2.75) is 31.7 Å². The zero-order valence-electron chi connectivity index (χ0n) is 18.6. The number of hydrogen-bond donors (Lipinski definition) is 2. The van der Waals surface area contributed by atoms with Crippen LogP contribution in [0.3, 0.4) is 0 Å². The normalized spacial score (nSPS) is 16.1. The second kappa shape index (κ2) is 9.83. The standard InChI is InChI=1S/C26H27ClN6/c1-18(19-5-3-2-4-6-19)32-33-15-12-21(13-16-33)26-24(23-11-14-28-17-29-23)25(30-31-26)20-7-9-22(27)10-8-20/h2-11,14,17-18,21,32H,12-13,15-16H2,1H3,(H,30,31)/t18-/m0/s1. The number of hydrogen-bond acceptors (Lipinski definition) is 5. The second-order valence-electron chi connectivity index (χ2n) is 8.49. The molecule has 0 unspecified atom stereocenters. The van der Waals surface area contributed by atoms with E-state index in [0.29, 0.717) is 10.9 Å². The Balaban J connectivity index is 1.36. The molecule has 168 valence electrons. The molecule has 3 heterocycles. The molecule has 1 aliphatic rings. The van der Waals surface area contributed by atoms with Crippen LogP contribution in [0.4, 0.5) is 0 Å². The van der Waals surface area contributed by atoms with E-state index < -0.39 is 0 Å². The lowest BCUT2D eigenvalue weighted by atomic mass is 9.89. The number of H-pyrrole nitrogens is 1. The summed E-state index contributed by atoms with van der Waals surface area (Å²) in [7, 11) is 0. The fourth-order valence-corrected chi connectivity index (χ4v) is 4.68. The van der Waals surface area contributed by atoms with Crippen molar-refractivity contribution >= 4 is 11.6 Å². The smallest absolute Gasteiger partial charge is 0.116 e. The molecular formula is C26H27ClN6. The van der Waals surface area contributed by atoms with Gasteiger partial charge in [0.2, 0.25) is 0 Å². The molecule has 6 nitrogen and oxygen atoms in total. The molecule has 0 radical (unpaired) electrons. The van der Waals surface area contributed by atoms with Crippen LogP contribution in [0.25, 0.3) is 22.5 Å². The van der Waals surface area contributed by atoms with E-state index in [4.69, 9.17) is 16.7 Å². The summed E-state index contributed by atoms with van der Waals surface area (Å²) in [5, 5.41) is 11.1. The Morgan fingerprint density at radius 1 is 1.03 bits per heavy atom. The average molecular weight is 459 g/mol. The lowest BCUT2D eigenvalue weighted by Gasteiger charge is -2.34. The van der Waals surface area contributed by atoms with E-state index in [1.54, 1.807) is 12.5 Å². The maximum atomic E-state index is 6.11. The summed E-state index contributed by atoms with van der Waals surface area (Å²) in [5.41, 5.74) is 9.98. The first-order valence-electron chi connectivity index (χ1n) is 11.4. The van der Waals surface area contributed by atoms with Gasteiger partial charge in [-0.2, -0.15) is 5.10 Å². The van der Waals surface area contributed by atoms with Gasteiger partial charge >= 0.3 is 0 Å². The molecule has 1 atom stereocenters. The first-order chi connectivity index (χ1) is 16.2. The van der Waals surface area contributed by atoms with Crippen molar-refractivity contribution in [3.8, 4) is 22.5 Å². The van der Waals surface area contributed by atoms with E-state index in [-0.39, 0.29) is 6.04 Å². The third-order valence-electron chi connectivity index (χ3n) is 6.33. The van der Waals surface area contributed by atoms with Gasteiger partial charge in [-0.05, 0) is 43.5 Å². The maximum absolute atomic E-state index is 6.11. The summed E-state index contributed by atoms with van der Waals surface area (Å²) in [6, 6.07) is 20.6. The second-order valence-corrected chi connectivity index (χ2v) is 8.92. The van der Waals surface area contributed by atoms with Crippen LogP contribution in [0.5, 0.6) is 0 Å². The SMILES string of the molecule is C[C@H](NN1CCC(c2[nH]nc(-c3ccc(Cl)cc3)c2-c2ccncn2)CC1)c1ccccc1. The Morgan fingerprint density at radius 3 is 2.48 bits per heavy atom. The van der Waals surface area contributed by atoms with Crippen molar-refractivity contribution in [2.75, 3.05) is 13.1 Å². The summed E-state index contributed by atoms with van der Waals surface area (Å²) < 4.78 is 0. The van der Waals surface area contributed by atoms with E-state index >= 15 is 0 Å². The minimum absolute atomic E-state index is 0.281. The van der Waals surface area contributed by atoms with Crippen LogP contribution in [-0.2, 0) is 0 Å². The Hall–Kier alpha value is -3.06. The van der Waals surface area contributed by atoms with Crippen LogP contribution >= 0.6 is 11.6 Å². The number of aromatic nitrogens is 4. The zero-order valence-corrected chi connectivity index (χ0v) is 19.3. The Bertz CT molecular complexity index is 1170. The molecule has 0 bridgehead atoms. The monoisotopic (exact) mass is 458 g/mol. The minimum atomic E-state index is 0.281. The van der Waals surface area contributed by atoms with Crippen LogP contribution in [0, 0.1) is 0 Å². The van der Waals surface area contributed by atoms with Gasteiger partial charge in [0.1, 0.15) is 12.0 Å². The van der Waals surface area contributed by atoms with E-state index in [9.17, 15) is 0 Å². The Kier molecular flexibility index (Phi) is 6.48. The molecule has 0 aliphatic carbocycles. The highest BCUT2D eigenvalue weighted by molar-refractivity contribution is 6.30. The highest BCUT2D eigenvalue weighted by Crippen LogP contribution is 2.39. The third kappa shape index (κ3) is 4.83. The van der Waals surface area contributed by atoms with E-state index in [0.717, 1.165) is 54.1 Å². The topological polar surface area (TPSA) is 69.7 Å². The summed E-state index contributed by atoms with van der Waals surface area (Å²) in [5.74, 6) is 0.383. The van der Waals surface area contributed by atoms with Crippen molar-refractivity contribution in [3.05, 3.63) is 89.5 Å². The molecule has 4 aromatic rings. The van der Waals surface area contributed by atoms with Gasteiger partial charge in [-0.15, -0.1) is 0 Å². The summed E-state index contributed by atoms with van der Waals surface area (Å²) in [6.45, 7) is 4.16. The third-order valence-corrected chi connectivity index (χ3v) is 6.58. The molecule has 0 amide bonds. The molecule has 2 N–H and O–H groups in total. The molecular weight excluding hydrogens is 432 g/mol. The molecule has 1 fully saturated rings. The molecule has 2 aromatic carbocycles. The first-order valence-corrected chi connectivity index (χ1v) is 11.7. The summed E-state index contributed by atoms with van der Waals surface area (Å²) >= 11 is 6.11. The van der Waals surface area contributed by atoms with Crippen LogP contribution in [0.15, 0.2) is 73.2 Å². The number of hydrazine groups is 1.